The number of nitrogens with one attached hydrogen (secondary N) is 1. The molecule has 0 aliphatic rings. The quantitative estimate of drug-likeness (QED) is 0.933. The number of benzene rings is 1. The van der Waals surface area contributed by atoms with E-state index in [1.54, 1.807) is 16.8 Å². The van der Waals surface area contributed by atoms with Gasteiger partial charge in [0.1, 0.15) is 6.61 Å². The molecule has 0 bridgehead atoms. The van der Waals surface area contributed by atoms with Crippen molar-refractivity contribution >= 4 is 11.8 Å². The molecule has 0 fully saturated rings. The number of anilines is 1. The van der Waals surface area contributed by atoms with Crippen LogP contribution in [0.1, 0.15) is 26.6 Å². The summed E-state index contributed by atoms with van der Waals surface area (Å²) in [5.74, 6) is 0.759. The highest BCUT2D eigenvalue weighted by molar-refractivity contribution is 5.84. The van der Waals surface area contributed by atoms with Crippen molar-refractivity contribution in [3.63, 3.8) is 0 Å². The highest BCUT2D eigenvalue weighted by Crippen LogP contribution is 2.18. The van der Waals surface area contributed by atoms with Crippen LogP contribution in [0, 0.1) is 0 Å². The van der Waals surface area contributed by atoms with Crippen LogP contribution in [-0.4, -0.2) is 32.9 Å². The number of para-hydroxylation sites is 1. The van der Waals surface area contributed by atoms with Crippen LogP contribution < -0.4 is 5.32 Å². The Labute approximate surface area is 123 Å². The monoisotopic (exact) mass is 289 g/mol. The highest BCUT2D eigenvalue weighted by atomic mass is 16.5. The predicted molar refractivity (Wildman–Crippen MR) is 77.9 cm³/mol. The molecule has 7 heteroatoms. The van der Waals surface area contributed by atoms with E-state index < -0.39 is 6.09 Å². The largest absolute Gasteiger partial charge is 0.447 e. The number of nitrogens with zero attached hydrogens (tertiary/aromatic N) is 4. The summed E-state index contributed by atoms with van der Waals surface area (Å²) >= 11 is 0. The van der Waals surface area contributed by atoms with Crippen LogP contribution in [0.25, 0.3) is 0 Å². The molecule has 1 aromatic heterocycles. The topological polar surface area (TPSA) is 81.9 Å². The van der Waals surface area contributed by atoms with Gasteiger partial charge in [0, 0.05) is 11.1 Å². The Hall–Kier alpha value is -2.44. The molecule has 21 heavy (non-hydrogen) atoms. The summed E-state index contributed by atoms with van der Waals surface area (Å²) in [5, 5.41) is 14.2. The van der Waals surface area contributed by atoms with E-state index in [9.17, 15) is 4.79 Å². The minimum Gasteiger partial charge on any atom is -0.447 e. The second-order valence-corrected chi connectivity index (χ2v) is 5.60. The van der Waals surface area contributed by atoms with Crippen molar-refractivity contribution in [1.82, 2.24) is 20.2 Å². The standard InChI is InChI=1S/C14H19N5O2/c1-14(2,3)12-16-17-18-19(12)9-10-21-13(20)15-11-7-5-4-6-8-11/h4-8H,9-10H2,1-3H3,(H,15,20). The van der Waals surface area contributed by atoms with E-state index in [2.05, 4.69) is 20.8 Å². The van der Waals surface area contributed by atoms with Crippen molar-refractivity contribution in [3.05, 3.63) is 36.2 Å². The lowest BCUT2D eigenvalue weighted by molar-refractivity contribution is 0.154. The molecule has 0 aliphatic carbocycles. The van der Waals surface area contributed by atoms with Crippen LogP contribution in [-0.2, 0) is 16.7 Å². The first-order valence-corrected chi connectivity index (χ1v) is 6.72. The van der Waals surface area contributed by atoms with E-state index >= 15 is 0 Å². The average molecular weight is 289 g/mol. The second-order valence-electron chi connectivity index (χ2n) is 5.60. The van der Waals surface area contributed by atoms with E-state index in [0.717, 1.165) is 5.82 Å². The number of aromatic nitrogens is 4. The number of hydrogen-bond acceptors (Lipinski definition) is 5. The third-order valence-corrected chi connectivity index (χ3v) is 2.76. The fourth-order valence-corrected chi connectivity index (χ4v) is 1.79. The molecule has 2 rings (SSSR count). The van der Waals surface area contributed by atoms with Gasteiger partial charge in [-0.25, -0.2) is 9.48 Å². The Kier molecular flexibility index (Phi) is 4.52. The van der Waals surface area contributed by atoms with Gasteiger partial charge in [-0.05, 0) is 22.6 Å². The molecule has 0 atom stereocenters. The SMILES string of the molecule is CC(C)(C)c1nnnn1CCOC(=O)Nc1ccccc1. The van der Waals surface area contributed by atoms with E-state index in [-0.39, 0.29) is 12.0 Å². The molecular weight excluding hydrogens is 270 g/mol. The zero-order valence-electron chi connectivity index (χ0n) is 12.4. The van der Waals surface area contributed by atoms with Crippen LogP contribution in [0.4, 0.5) is 10.5 Å². The zero-order valence-corrected chi connectivity index (χ0v) is 12.4. The summed E-state index contributed by atoms with van der Waals surface area (Å²) in [7, 11) is 0. The van der Waals surface area contributed by atoms with E-state index in [1.807, 2.05) is 39.0 Å². The van der Waals surface area contributed by atoms with Gasteiger partial charge in [-0.1, -0.05) is 39.0 Å². The molecule has 1 aromatic carbocycles. The van der Waals surface area contributed by atoms with Gasteiger partial charge in [-0.2, -0.15) is 0 Å². The van der Waals surface area contributed by atoms with Gasteiger partial charge in [0.05, 0.1) is 6.54 Å². The normalized spacial score (nSPS) is 11.2. The summed E-state index contributed by atoms with van der Waals surface area (Å²) in [6.45, 7) is 6.70. The van der Waals surface area contributed by atoms with Gasteiger partial charge >= 0.3 is 6.09 Å². The first-order valence-electron chi connectivity index (χ1n) is 6.72. The van der Waals surface area contributed by atoms with E-state index in [4.69, 9.17) is 4.74 Å². The van der Waals surface area contributed by atoms with E-state index in [1.165, 1.54) is 0 Å². The van der Waals surface area contributed by atoms with Gasteiger partial charge in [-0.3, -0.25) is 5.32 Å². The maximum absolute atomic E-state index is 11.6. The Balaban J connectivity index is 1.82. The van der Waals surface area contributed by atoms with Crippen molar-refractivity contribution in [2.75, 3.05) is 11.9 Å². The molecule has 1 heterocycles. The summed E-state index contributed by atoms with van der Waals surface area (Å²) < 4.78 is 6.77. The summed E-state index contributed by atoms with van der Waals surface area (Å²) in [6, 6.07) is 9.14. The fraction of sp³-hybridized carbons (Fsp3) is 0.429. The molecule has 1 amide bonds. The maximum Gasteiger partial charge on any atom is 0.411 e. The number of tetrazole rings is 1. The third kappa shape index (κ3) is 4.27. The van der Waals surface area contributed by atoms with Crippen molar-refractivity contribution in [1.29, 1.82) is 0 Å². The molecule has 0 saturated heterocycles. The predicted octanol–water partition coefficient (Wildman–Crippen LogP) is 2.22. The number of amides is 1. The molecular formula is C14H19N5O2. The molecule has 1 N–H and O–H groups in total. The molecule has 0 unspecified atom stereocenters. The Morgan fingerprint density at radius 2 is 2.00 bits per heavy atom. The first kappa shape index (κ1) is 15.0. The van der Waals surface area contributed by atoms with Crippen molar-refractivity contribution in [3.8, 4) is 0 Å². The number of ether oxygens (including phenoxy) is 1. The smallest absolute Gasteiger partial charge is 0.411 e. The first-order chi connectivity index (χ1) is 9.97. The minimum atomic E-state index is -0.494. The Morgan fingerprint density at radius 3 is 2.67 bits per heavy atom. The van der Waals surface area contributed by atoms with Gasteiger partial charge in [0.25, 0.3) is 0 Å². The minimum absolute atomic E-state index is 0.157. The lowest BCUT2D eigenvalue weighted by Crippen LogP contribution is -2.23. The van der Waals surface area contributed by atoms with Crippen LogP contribution in [0.2, 0.25) is 0 Å². The lowest BCUT2D eigenvalue weighted by Gasteiger charge is -2.17. The van der Waals surface area contributed by atoms with Crippen molar-refractivity contribution < 1.29 is 9.53 Å². The van der Waals surface area contributed by atoms with Gasteiger partial charge in [0.15, 0.2) is 5.82 Å². The van der Waals surface area contributed by atoms with E-state index in [0.29, 0.717) is 12.2 Å². The molecule has 7 nitrogen and oxygen atoms in total. The molecule has 112 valence electrons. The highest BCUT2D eigenvalue weighted by Gasteiger charge is 2.21. The summed E-state index contributed by atoms with van der Waals surface area (Å²) in [6.07, 6.45) is -0.494. The average Bonchev–Trinajstić information content (AvgIpc) is 2.88. The summed E-state index contributed by atoms with van der Waals surface area (Å²) in [4.78, 5) is 11.6. The Bertz CT molecular complexity index is 589. The number of carbonyl (C=O) groups excluding carboxylic acids is 1. The number of hydrogen-bond donors (Lipinski definition) is 1. The van der Waals surface area contributed by atoms with Gasteiger partial charge < -0.3 is 4.74 Å². The maximum atomic E-state index is 11.6. The third-order valence-electron chi connectivity index (χ3n) is 2.76. The van der Waals surface area contributed by atoms with Crippen LogP contribution in [0.5, 0.6) is 0 Å². The number of carbonyl (C=O) groups is 1. The lowest BCUT2D eigenvalue weighted by atomic mass is 9.96. The zero-order chi connectivity index (χ0) is 15.3. The summed E-state index contributed by atoms with van der Waals surface area (Å²) in [5.41, 5.74) is 0.538. The number of rotatable bonds is 4. The van der Waals surface area contributed by atoms with Crippen LogP contribution >= 0.6 is 0 Å². The fourth-order valence-electron chi connectivity index (χ4n) is 1.79. The second kappa shape index (κ2) is 6.34. The van der Waals surface area contributed by atoms with Crippen LogP contribution in [0.3, 0.4) is 0 Å². The Morgan fingerprint density at radius 1 is 1.29 bits per heavy atom. The molecule has 0 aliphatic heterocycles. The van der Waals surface area contributed by atoms with Crippen molar-refractivity contribution in [2.45, 2.75) is 32.7 Å². The van der Waals surface area contributed by atoms with Crippen LogP contribution in [0.15, 0.2) is 30.3 Å². The molecule has 0 saturated carbocycles. The molecule has 2 aromatic rings. The molecule has 0 radical (unpaired) electrons. The molecule has 0 spiro atoms. The van der Waals surface area contributed by atoms with Crippen molar-refractivity contribution in [2.24, 2.45) is 0 Å². The van der Waals surface area contributed by atoms with Gasteiger partial charge in [-0.15, -0.1) is 5.10 Å². The van der Waals surface area contributed by atoms with Gasteiger partial charge in [0.2, 0.25) is 0 Å².